The minimum Gasteiger partial charge on any atom is -0.497 e. The van der Waals surface area contributed by atoms with Gasteiger partial charge in [0.2, 0.25) is 5.91 Å². The molecule has 0 aliphatic carbocycles. The fourth-order valence-electron chi connectivity index (χ4n) is 5.11. The molecule has 1 aliphatic heterocycles. The van der Waals surface area contributed by atoms with Crippen molar-refractivity contribution in [1.82, 2.24) is 9.47 Å². The summed E-state index contributed by atoms with van der Waals surface area (Å²) in [6, 6.07) is 19.4. The van der Waals surface area contributed by atoms with E-state index in [1.165, 1.54) is 6.07 Å². The minimum atomic E-state index is -4.62. The molecule has 0 N–H and O–H groups in total. The molecule has 1 fully saturated rings. The zero-order chi connectivity index (χ0) is 27.6. The van der Waals surface area contributed by atoms with E-state index in [4.69, 9.17) is 21.1 Å². The standard InChI is InChI=1S/C30H28ClF3N2O3/c1-38-22-9-6-20(7-10-22)18-36-19-25(23-4-2-3-5-28(23)36)24(17-29(37)35-12-14-39-15-13-35)21-8-11-27(31)26(16-21)30(32,33)34/h2-11,16,19,24H,12-15,17-18H2,1H3. The van der Waals surface area contributed by atoms with Crippen LogP contribution in [0.5, 0.6) is 5.75 Å². The quantitative estimate of drug-likeness (QED) is 0.253. The Bertz CT molecular complexity index is 1460. The first-order chi connectivity index (χ1) is 18.7. The number of ether oxygens (including phenoxy) is 2. The van der Waals surface area contributed by atoms with Crippen molar-refractivity contribution in [3.05, 3.63) is 100 Å². The number of morpholine rings is 1. The normalized spacial score (nSPS) is 14.9. The van der Waals surface area contributed by atoms with E-state index in [0.29, 0.717) is 38.4 Å². The monoisotopic (exact) mass is 556 g/mol. The second-order valence-corrected chi connectivity index (χ2v) is 9.97. The molecule has 1 aromatic heterocycles. The van der Waals surface area contributed by atoms with Crippen molar-refractivity contribution in [2.24, 2.45) is 0 Å². The molecule has 9 heteroatoms. The van der Waals surface area contributed by atoms with Gasteiger partial charge in [-0.15, -0.1) is 0 Å². The molecule has 3 aromatic carbocycles. The van der Waals surface area contributed by atoms with Gasteiger partial charge < -0.3 is 18.9 Å². The predicted molar refractivity (Wildman–Crippen MR) is 144 cm³/mol. The third-order valence-corrected chi connectivity index (χ3v) is 7.48. The van der Waals surface area contributed by atoms with E-state index in [1.807, 2.05) is 54.7 Å². The van der Waals surface area contributed by atoms with Crippen LogP contribution in [0, 0.1) is 0 Å². The van der Waals surface area contributed by atoms with Crippen molar-refractivity contribution in [2.75, 3.05) is 33.4 Å². The summed E-state index contributed by atoms with van der Waals surface area (Å²) >= 11 is 5.95. The molecule has 1 amide bonds. The van der Waals surface area contributed by atoms with E-state index >= 15 is 0 Å². The number of halogens is 4. The highest BCUT2D eigenvalue weighted by Crippen LogP contribution is 2.40. The molecule has 1 unspecified atom stereocenters. The van der Waals surface area contributed by atoms with Gasteiger partial charge in [-0.3, -0.25) is 4.79 Å². The van der Waals surface area contributed by atoms with Crippen LogP contribution in [-0.2, 0) is 22.3 Å². The Hall–Kier alpha value is -3.49. The van der Waals surface area contributed by atoms with Crippen LogP contribution in [0.4, 0.5) is 13.2 Å². The summed E-state index contributed by atoms with van der Waals surface area (Å²) in [5.74, 6) is 0.0150. The van der Waals surface area contributed by atoms with E-state index in [2.05, 4.69) is 4.57 Å². The number of aromatic nitrogens is 1. The van der Waals surface area contributed by atoms with Gasteiger partial charge in [-0.1, -0.05) is 48.0 Å². The maximum absolute atomic E-state index is 13.8. The highest BCUT2D eigenvalue weighted by atomic mass is 35.5. The maximum atomic E-state index is 13.8. The van der Waals surface area contributed by atoms with E-state index in [-0.39, 0.29) is 17.4 Å². The SMILES string of the molecule is COc1ccc(Cn2cc(C(CC(=O)N3CCOCC3)c3ccc(Cl)c(C(F)(F)F)c3)c3ccccc32)cc1. The van der Waals surface area contributed by atoms with E-state index in [9.17, 15) is 18.0 Å². The molecular weight excluding hydrogens is 529 g/mol. The second-order valence-electron chi connectivity index (χ2n) is 9.56. The van der Waals surface area contributed by atoms with Crippen LogP contribution in [-0.4, -0.2) is 48.8 Å². The molecule has 204 valence electrons. The summed E-state index contributed by atoms with van der Waals surface area (Å²) in [7, 11) is 1.61. The van der Waals surface area contributed by atoms with Crippen molar-refractivity contribution in [2.45, 2.75) is 25.1 Å². The van der Waals surface area contributed by atoms with Crippen LogP contribution < -0.4 is 4.74 Å². The zero-order valence-electron chi connectivity index (χ0n) is 21.4. The minimum absolute atomic E-state index is 0.0233. The Morgan fingerprint density at radius 3 is 2.46 bits per heavy atom. The molecule has 2 heterocycles. The van der Waals surface area contributed by atoms with Crippen molar-refractivity contribution in [3.8, 4) is 5.75 Å². The third-order valence-electron chi connectivity index (χ3n) is 7.15. The number of nitrogens with zero attached hydrogens (tertiary/aromatic N) is 2. The smallest absolute Gasteiger partial charge is 0.417 e. The first-order valence-electron chi connectivity index (χ1n) is 12.7. The first kappa shape index (κ1) is 27.1. The summed E-state index contributed by atoms with van der Waals surface area (Å²) in [5.41, 5.74) is 2.23. The number of amides is 1. The summed E-state index contributed by atoms with van der Waals surface area (Å²) in [4.78, 5) is 15.1. The van der Waals surface area contributed by atoms with Gasteiger partial charge >= 0.3 is 6.18 Å². The molecule has 39 heavy (non-hydrogen) atoms. The van der Waals surface area contributed by atoms with E-state index in [0.717, 1.165) is 33.8 Å². The lowest BCUT2D eigenvalue weighted by atomic mass is 9.87. The maximum Gasteiger partial charge on any atom is 0.417 e. The lowest BCUT2D eigenvalue weighted by Crippen LogP contribution is -2.41. The number of carbonyl (C=O) groups excluding carboxylic acids is 1. The number of alkyl halides is 3. The highest BCUT2D eigenvalue weighted by Gasteiger charge is 2.35. The van der Waals surface area contributed by atoms with Crippen LogP contribution in [0.3, 0.4) is 0 Å². The highest BCUT2D eigenvalue weighted by molar-refractivity contribution is 6.31. The number of carbonyl (C=O) groups is 1. The summed E-state index contributed by atoms with van der Waals surface area (Å²) in [6.07, 6.45) is -2.64. The lowest BCUT2D eigenvalue weighted by molar-refractivity contribution is -0.137. The van der Waals surface area contributed by atoms with E-state index < -0.39 is 17.7 Å². The van der Waals surface area contributed by atoms with Crippen molar-refractivity contribution < 1.29 is 27.4 Å². The topological polar surface area (TPSA) is 43.7 Å². The largest absolute Gasteiger partial charge is 0.497 e. The molecule has 1 atom stereocenters. The molecule has 5 nitrogen and oxygen atoms in total. The third kappa shape index (κ3) is 5.92. The molecule has 0 radical (unpaired) electrons. The number of rotatable bonds is 7. The summed E-state index contributed by atoms with van der Waals surface area (Å²) in [5, 5.41) is 0.515. The Labute approximate surface area is 229 Å². The van der Waals surface area contributed by atoms with Gasteiger partial charge in [0.1, 0.15) is 5.75 Å². The molecule has 4 aromatic rings. The van der Waals surface area contributed by atoms with Crippen LogP contribution in [0.25, 0.3) is 10.9 Å². The summed E-state index contributed by atoms with van der Waals surface area (Å²) in [6.45, 7) is 2.34. The predicted octanol–water partition coefficient (Wildman–Crippen LogP) is 6.75. The second kappa shape index (κ2) is 11.3. The van der Waals surface area contributed by atoms with Crippen LogP contribution in [0.1, 0.15) is 34.6 Å². The van der Waals surface area contributed by atoms with Gasteiger partial charge in [0.25, 0.3) is 0 Å². The average Bonchev–Trinajstić information content (AvgIpc) is 3.30. The molecule has 0 spiro atoms. The molecular formula is C30H28ClF3N2O3. The van der Waals surface area contributed by atoms with Crippen molar-refractivity contribution in [1.29, 1.82) is 0 Å². The Morgan fingerprint density at radius 1 is 1.05 bits per heavy atom. The van der Waals surface area contributed by atoms with Gasteiger partial charge in [0, 0.05) is 49.1 Å². The number of fused-ring (bicyclic) bond motifs is 1. The lowest BCUT2D eigenvalue weighted by Gasteiger charge is -2.29. The Morgan fingerprint density at radius 2 is 1.77 bits per heavy atom. The molecule has 0 bridgehead atoms. The number of methoxy groups -OCH3 is 1. The van der Waals surface area contributed by atoms with Crippen LogP contribution in [0.2, 0.25) is 5.02 Å². The zero-order valence-corrected chi connectivity index (χ0v) is 22.1. The van der Waals surface area contributed by atoms with Crippen LogP contribution >= 0.6 is 11.6 Å². The molecule has 5 rings (SSSR count). The Balaban J connectivity index is 1.59. The fraction of sp³-hybridized carbons (Fsp3) is 0.300. The first-order valence-corrected chi connectivity index (χ1v) is 13.0. The number of benzene rings is 3. The number of hydrogen-bond acceptors (Lipinski definition) is 3. The number of para-hydroxylation sites is 1. The van der Waals surface area contributed by atoms with E-state index in [1.54, 1.807) is 18.1 Å². The van der Waals surface area contributed by atoms with Crippen molar-refractivity contribution in [3.63, 3.8) is 0 Å². The number of hydrogen-bond donors (Lipinski definition) is 0. The molecule has 1 saturated heterocycles. The van der Waals surface area contributed by atoms with Gasteiger partial charge in [0.15, 0.2) is 0 Å². The average molecular weight is 557 g/mol. The molecule has 1 aliphatic rings. The van der Waals surface area contributed by atoms with Gasteiger partial charge in [-0.05, 0) is 47.0 Å². The van der Waals surface area contributed by atoms with Gasteiger partial charge in [0.05, 0.1) is 30.9 Å². The Kier molecular flexibility index (Phi) is 7.86. The fourth-order valence-corrected chi connectivity index (χ4v) is 5.34. The van der Waals surface area contributed by atoms with Crippen molar-refractivity contribution >= 4 is 28.4 Å². The summed E-state index contributed by atoms with van der Waals surface area (Å²) < 4.78 is 54.2. The molecule has 0 saturated carbocycles. The van der Waals surface area contributed by atoms with Gasteiger partial charge in [-0.2, -0.15) is 13.2 Å². The van der Waals surface area contributed by atoms with Gasteiger partial charge in [-0.25, -0.2) is 0 Å². The van der Waals surface area contributed by atoms with Crippen LogP contribution in [0.15, 0.2) is 72.9 Å².